The summed E-state index contributed by atoms with van der Waals surface area (Å²) >= 11 is 0.995. The number of aliphatic hydroxyl groups excluding tert-OH is 1. The molecule has 0 aliphatic carbocycles. The summed E-state index contributed by atoms with van der Waals surface area (Å²) in [6.07, 6.45) is 3.08. The highest BCUT2D eigenvalue weighted by atomic mass is 32.2. The first-order valence-corrected chi connectivity index (χ1v) is 8.55. The summed E-state index contributed by atoms with van der Waals surface area (Å²) in [7, 11) is 0. The van der Waals surface area contributed by atoms with Gasteiger partial charge in [-0.15, -0.1) is 0 Å². The number of rotatable bonds is 2. The Morgan fingerprint density at radius 1 is 1.48 bits per heavy atom. The van der Waals surface area contributed by atoms with E-state index in [1.54, 1.807) is 18.7 Å². The molecule has 0 aromatic heterocycles. The minimum atomic E-state index is -0.929. The van der Waals surface area contributed by atoms with E-state index in [0.717, 1.165) is 24.6 Å². The van der Waals surface area contributed by atoms with Gasteiger partial charge in [0.05, 0.1) is 15.9 Å². The Balaban J connectivity index is 1.99. The molecular formula is C15H20N2O5S. The molecule has 0 aromatic rings. The van der Waals surface area contributed by atoms with Crippen LogP contribution in [0.25, 0.3) is 0 Å². The van der Waals surface area contributed by atoms with Crippen LogP contribution in [0.5, 0.6) is 0 Å². The molecule has 3 aliphatic rings. The zero-order valence-corrected chi connectivity index (χ0v) is 14.0. The van der Waals surface area contributed by atoms with Gasteiger partial charge in [-0.25, -0.2) is 0 Å². The second-order valence-electron chi connectivity index (χ2n) is 6.53. The fraction of sp³-hybridized carbons (Fsp3) is 0.667. The van der Waals surface area contributed by atoms with Gasteiger partial charge in [-0.1, -0.05) is 0 Å². The zero-order chi connectivity index (χ0) is 16.8. The fourth-order valence-electron chi connectivity index (χ4n) is 3.26. The predicted octanol–water partition coefficient (Wildman–Crippen LogP) is 2.00. The van der Waals surface area contributed by atoms with Gasteiger partial charge in [-0.3, -0.25) is 14.9 Å². The molecule has 0 aromatic carbocycles. The SMILES string of the molecule is CC1(C)OC2=C(SC([N+](=O)[O-])=CC2)C(N2CCCCC2=O)[C@@H]1O. The smallest absolute Gasteiger partial charge is 0.304 e. The van der Waals surface area contributed by atoms with E-state index in [2.05, 4.69) is 0 Å². The normalized spacial score (nSPS) is 30.5. The van der Waals surface area contributed by atoms with E-state index in [1.165, 1.54) is 6.08 Å². The van der Waals surface area contributed by atoms with Gasteiger partial charge in [-0.2, -0.15) is 0 Å². The van der Waals surface area contributed by atoms with Gasteiger partial charge in [0, 0.05) is 25.5 Å². The molecule has 0 spiro atoms. The molecule has 0 bridgehead atoms. The van der Waals surface area contributed by atoms with Gasteiger partial charge >= 0.3 is 5.03 Å². The zero-order valence-electron chi connectivity index (χ0n) is 13.2. The third kappa shape index (κ3) is 2.85. The number of piperidine rings is 1. The Kier molecular flexibility index (Phi) is 4.14. The van der Waals surface area contributed by atoms with Crippen LogP contribution in [0.2, 0.25) is 0 Å². The lowest BCUT2D eigenvalue weighted by molar-refractivity contribution is -0.410. The van der Waals surface area contributed by atoms with Crippen molar-refractivity contribution in [3.05, 3.63) is 31.9 Å². The molecule has 1 unspecified atom stereocenters. The van der Waals surface area contributed by atoms with Gasteiger partial charge in [0.2, 0.25) is 5.91 Å². The Morgan fingerprint density at radius 3 is 2.87 bits per heavy atom. The average Bonchev–Trinajstić information content (AvgIpc) is 2.49. The number of ether oxygens (including phenoxy) is 1. The van der Waals surface area contributed by atoms with Crippen molar-refractivity contribution in [3.63, 3.8) is 0 Å². The number of hydrogen-bond acceptors (Lipinski definition) is 6. The highest BCUT2D eigenvalue weighted by molar-refractivity contribution is 8.06. The number of hydrogen-bond donors (Lipinski definition) is 1. The Labute approximate surface area is 138 Å². The lowest BCUT2D eigenvalue weighted by atomic mass is 9.88. The van der Waals surface area contributed by atoms with E-state index < -0.39 is 22.7 Å². The largest absolute Gasteiger partial charge is 0.488 e. The molecule has 0 radical (unpaired) electrons. The van der Waals surface area contributed by atoms with Gasteiger partial charge in [0.1, 0.15) is 17.5 Å². The van der Waals surface area contributed by atoms with Crippen molar-refractivity contribution in [3.8, 4) is 0 Å². The van der Waals surface area contributed by atoms with Crippen LogP contribution in [0.4, 0.5) is 0 Å². The van der Waals surface area contributed by atoms with Gasteiger partial charge in [0.25, 0.3) is 0 Å². The molecule has 7 nitrogen and oxygen atoms in total. The maximum atomic E-state index is 12.3. The second-order valence-corrected chi connectivity index (χ2v) is 7.59. The van der Waals surface area contributed by atoms with Crippen molar-refractivity contribution in [2.45, 2.75) is 57.3 Å². The highest BCUT2D eigenvalue weighted by Gasteiger charge is 2.50. The molecule has 2 atom stereocenters. The third-order valence-corrected chi connectivity index (χ3v) is 5.71. The summed E-state index contributed by atoms with van der Waals surface area (Å²) in [5.74, 6) is 0.613. The van der Waals surface area contributed by atoms with Gasteiger partial charge < -0.3 is 14.7 Å². The molecule has 1 N–H and O–H groups in total. The molecule has 8 heteroatoms. The lowest BCUT2D eigenvalue weighted by Gasteiger charge is -2.48. The van der Waals surface area contributed by atoms with Crippen LogP contribution in [-0.2, 0) is 9.53 Å². The van der Waals surface area contributed by atoms with Crippen LogP contribution in [0.3, 0.4) is 0 Å². The first-order chi connectivity index (χ1) is 10.8. The lowest BCUT2D eigenvalue weighted by Crippen LogP contribution is -2.59. The summed E-state index contributed by atoms with van der Waals surface area (Å²) in [5.41, 5.74) is -0.845. The molecule has 126 valence electrons. The molecule has 3 aliphatic heterocycles. The maximum Gasteiger partial charge on any atom is 0.304 e. The van der Waals surface area contributed by atoms with Gasteiger partial charge in [0.15, 0.2) is 0 Å². The molecular weight excluding hydrogens is 320 g/mol. The minimum absolute atomic E-state index is 0.0114. The van der Waals surface area contributed by atoms with E-state index >= 15 is 0 Å². The number of allylic oxidation sites excluding steroid dienone is 1. The molecule has 23 heavy (non-hydrogen) atoms. The number of carbonyl (C=O) groups is 1. The second kappa shape index (κ2) is 5.83. The van der Waals surface area contributed by atoms with Crippen LogP contribution < -0.4 is 0 Å². The number of amides is 1. The fourth-order valence-corrected chi connectivity index (χ4v) is 4.34. The van der Waals surface area contributed by atoms with Crippen LogP contribution >= 0.6 is 11.8 Å². The van der Waals surface area contributed by atoms with E-state index in [1.807, 2.05) is 0 Å². The first-order valence-electron chi connectivity index (χ1n) is 7.73. The Hall–Kier alpha value is -1.54. The van der Waals surface area contributed by atoms with Crippen LogP contribution in [0.15, 0.2) is 21.8 Å². The Morgan fingerprint density at radius 2 is 2.22 bits per heavy atom. The van der Waals surface area contributed by atoms with Crippen LogP contribution in [-0.4, -0.2) is 45.1 Å². The molecule has 0 saturated carbocycles. The number of likely N-dealkylation sites (tertiary alicyclic amines) is 1. The van der Waals surface area contributed by atoms with Crippen molar-refractivity contribution < 1.29 is 19.6 Å². The van der Waals surface area contributed by atoms with Crippen molar-refractivity contribution in [1.82, 2.24) is 4.90 Å². The van der Waals surface area contributed by atoms with E-state index in [0.29, 0.717) is 30.1 Å². The maximum absolute atomic E-state index is 12.3. The van der Waals surface area contributed by atoms with Gasteiger partial charge in [-0.05, 0) is 38.5 Å². The Bertz CT molecular complexity index is 613. The number of thioether (sulfide) groups is 1. The quantitative estimate of drug-likeness (QED) is 0.610. The van der Waals surface area contributed by atoms with E-state index in [-0.39, 0.29) is 10.9 Å². The van der Waals surface area contributed by atoms with E-state index in [4.69, 9.17) is 4.74 Å². The molecule has 1 saturated heterocycles. The number of nitro groups is 1. The van der Waals surface area contributed by atoms with Crippen molar-refractivity contribution in [2.75, 3.05) is 6.54 Å². The molecule has 1 amide bonds. The van der Waals surface area contributed by atoms with Crippen molar-refractivity contribution in [1.29, 1.82) is 0 Å². The topological polar surface area (TPSA) is 92.9 Å². The average molecular weight is 340 g/mol. The molecule has 3 rings (SSSR count). The predicted molar refractivity (Wildman–Crippen MR) is 84.8 cm³/mol. The van der Waals surface area contributed by atoms with Crippen molar-refractivity contribution >= 4 is 17.7 Å². The van der Waals surface area contributed by atoms with Crippen LogP contribution in [0, 0.1) is 10.1 Å². The minimum Gasteiger partial charge on any atom is -0.488 e. The number of carbonyl (C=O) groups excluding carboxylic acids is 1. The summed E-state index contributed by atoms with van der Waals surface area (Å²) in [6, 6.07) is -0.574. The molecule has 3 heterocycles. The first kappa shape index (κ1) is 16.3. The standard InChI is InChI=1S/C15H20N2O5S/c1-15(2)14(19)12(16-8-4-3-5-10(16)18)13-9(22-15)6-7-11(23-13)17(20)21/h7,12,14,19H,3-6,8H2,1-2H3/t12?,14-/m0/s1. The van der Waals surface area contributed by atoms with Crippen LogP contribution in [0.1, 0.15) is 39.5 Å². The highest BCUT2D eigenvalue weighted by Crippen LogP contribution is 2.46. The number of nitrogens with zero attached hydrogens (tertiary/aromatic N) is 2. The summed E-state index contributed by atoms with van der Waals surface area (Å²) < 4.78 is 5.88. The van der Waals surface area contributed by atoms with Crippen molar-refractivity contribution in [2.24, 2.45) is 0 Å². The third-order valence-electron chi connectivity index (χ3n) is 4.49. The van der Waals surface area contributed by atoms with E-state index in [9.17, 15) is 20.0 Å². The monoisotopic (exact) mass is 340 g/mol. The summed E-state index contributed by atoms with van der Waals surface area (Å²) in [6.45, 7) is 4.12. The summed E-state index contributed by atoms with van der Waals surface area (Å²) in [4.78, 5) is 25.3. The molecule has 1 fully saturated rings. The summed E-state index contributed by atoms with van der Waals surface area (Å²) in [5, 5.41) is 21.9. The number of aliphatic hydroxyl groups is 1.